The van der Waals surface area contributed by atoms with Crippen LogP contribution in [0.15, 0.2) is 42.5 Å². The van der Waals surface area contributed by atoms with E-state index in [0.717, 1.165) is 5.56 Å². The summed E-state index contributed by atoms with van der Waals surface area (Å²) in [6.45, 7) is 2.72. The van der Waals surface area contributed by atoms with Crippen LogP contribution in [0.5, 0.6) is 0 Å². The van der Waals surface area contributed by atoms with Crippen molar-refractivity contribution < 1.29 is 14.3 Å². The van der Waals surface area contributed by atoms with Crippen LogP contribution in [-0.2, 0) is 20.9 Å². The Labute approximate surface area is 120 Å². The van der Waals surface area contributed by atoms with Crippen LogP contribution in [0.2, 0.25) is 0 Å². The quantitative estimate of drug-likeness (QED) is 0.567. The largest absolute Gasteiger partial charge is 0.463 e. The summed E-state index contributed by atoms with van der Waals surface area (Å²) in [4.78, 5) is 24.6. The van der Waals surface area contributed by atoms with Gasteiger partial charge in [-0.2, -0.15) is 0 Å². The maximum atomic E-state index is 11.9. The van der Waals surface area contributed by atoms with Crippen LogP contribution in [0.1, 0.15) is 25.3 Å². The average Bonchev–Trinajstić information content (AvgIpc) is 2.44. The molecule has 0 saturated heterocycles. The van der Waals surface area contributed by atoms with Gasteiger partial charge in [-0.1, -0.05) is 36.4 Å². The van der Waals surface area contributed by atoms with Gasteiger partial charge in [-0.15, -0.1) is 0 Å². The SMILES string of the molecule is CCOC(=O)C=CCCC(=O)N(C)Cc1ccccc1. The van der Waals surface area contributed by atoms with Crippen LogP contribution >= 0.6 is 0 Å². The third-order valence-corrected chi connectivity index (χ3v) is 2.75. The summed E-state index contributed by atoms with van der Waals surface area (Å²) in [6.07, 6.45) is 3.97. The van der Waals surface area contributed by atoms with Crippen LogP contribution in [-0.4, -0.2) is 30.4 Å². The van der Waals surface area contributed by atoms with Gasteiger partial charge in [0, 0.05) is 26.1 Å². The summed E-state index contributed by atoms with van der Waals surface area (Å²) >= 11 is 0. The van der Waals surface area contributed by atoms with Crippen molar-refractivity contribution in [3.05, 3.63) is 48.0 Å². The van der Waals surface area contributed by atoms with Gasteiger partial charge in [-0.25, -0.2) is 4.79 Å². The van der Waals surface area contributed by atoms with Crippen molar-refractivity contribution in [3.8, 4) is 0 Å². The van der Waals surface area contributed by atoms with E-state index >= 15 is 0 Å². The fraction of sp³-hybridized carbons (Fsp3) is 0.375. The summed E-state index contributed by atoms with van der Waals surface area (Å²) < 4.78 is 4.75. The van der Waals surface area contributed by atoms with Crippen molar-refractivity contribution in [2.45, 2.75) is 26.3 Å². The molecular formula is C16H21NO3. The minimum atomic E-state index is -0.363. The molecule has 0 unspecified atom stereocenters. The minimum absolute atomic E-state index is 0.0577. The van der Waals surface area contributed by atoms with Crippen molar-refractivity contribution in [1.29, 1.82) is 0 Å². The van der Waals surface area contributed by atoms with Gasteiger partial charge in [-0.3, -0.25) is 4.79 Å². The lowest BCUT2D eigenvalue weighted by Crippen LogP contribution is -2.25. The molecule has 20 heavy (non-hydrogen) atoms. The highest BCUT2D eigenvalue weighted by atomic mass is 16.5. The number of hydrogen-bond donors (Lipinski definition) is 0. The van der Waals surface area contributed by atoms with Crippen LogP contribution in [0.25, 0.3) is 0 Å². The van der Waals surface area contributed by atoms with Gasteiger partial charge in [0.2, 0.25) is 5.91 Å². The second kappa shape index (κ2) is 8.91. The molecule has 0 aliphatic carbocycles. The van der Waals surface area contributed by atoms with Gasteiger partial charge >= 0.3 is 5.97 Å². The zero-order chi connectivity index (χ0) is 14.8. The lowest BCUT2D eigenvalue weighted by molar-refractivity contribution is -0.137. The fourth-order valence-corrected chi connectivity index (χ4v) is 1.71. The number of benzene rings is 1. The Morgan fingerprint density at radius 2 is 1.95 bits per heavy atom. The molecule has 0 aliphatic rings. The second-order valence-corrected chi connectivity index (χ2v) is 4.43. The molecule has 0 aromatic heterocycles. The number of amides is 1. The fourth-order valence-electron chi connectivity index (χ4n) is 1.71. The zero-order valence-corrected chi connectivity index (χ0v) is 12.0. The molecule has 1 aromatic carbocycles. The number of allylic oxidation sites excluding steroid dienone is 1. The van der Waals surface area contributed by atoms with Gasteiger partial charge in [0.25, 0.3) is 0 Å². The second-order valence-electron chi connectivity index (χ2n) is 4.43. The standard InChI is InChI=1S/C16H21NO3/c1-3-20-16(19)12-8-7-11-15(18)17(2)13-14-9-5-4-6-10-14/h4-6,8-10,12H,3,7,11,13H2,1-2H3. The maximum absolute atomic E-state index is 11.9. The van der Waals surface area contributed by atoms with Gasteiger partial charge in [0.05, 0.1) is 6.61 Å². The van der Waals surface area contributed by atoms with Crippen molar-refractivity contribution in [1.82, 2.24) is 4.90 Å². The number of carbonyl (C=O) groups is 2. The van der Waals surface area contributed by atoms with Crippen LogP contribution in [0, 0.1) is 0 Å². The maximum Gasteiger partial charge on any atom is 0.330 e. The van der Waals surface area contributed by atoms with E-state index in [9.17, 15) is 9.59 Å². The highest BCUT2D eigenvalue weighted by molar-refractivity contribution is 5.82. The molecule has 1 rings (SSSR count). The van der Waals surface area contributed by atoms with Gasteiger partial charge in [0.15, 0.2) is 0 Å². The van der Waals surface area contributed by atoms with E-state index in [1.54, 1.807) is 24.9 Å². The lowest BCUT2D eigenvalue weighted by Gasteiger charge is -2.16. The molecule has 0 radical (unpaired) electrons. The van der Waals surface area contributed by atoms with Crippen LogP contribution in [0.4, 0.5) is 0 Å². The smallest absolute Gasteiger partial charge is 0.330 e. The van der Waals surface area contributed by atoms with Gasteiger partial charge < -0.3 is 9.64 Å². The molecule has 0 N–H and O–H groups in total. The summed E-state index contributed by atoms with van der Waals surface area (Å²) in [5, 5.41) is 0. The lowest BCUT2D eigenvalue weighted by atomic mass is 10.2. The molecule has 4 nitrogen and oxygen atoms in total. The molecule has 0 aliphatic heterocycles. The predicted octanol–water partition coefficient (Wildman–Crippen LogP) is 2.54. The molecule has 1 aromatic rings. The van der Waals surface area contributed by atoms with E-state index in [1.165, 1.54) is 6.08 Å². The average molecular weight is 275 g/mol. The van der Waals surface area contributed by atoms with E-state index < -0.39 is 0 Å². The number of rotatable bonds is 7. The molecular weight excluding hydrogens is 254 g/mol. The molecule has 4 heteroatoms. The number of carbonyl (C=O) groups excluding carboxylic acids is 2. The number of hydrogen-bond acceptors (Lipinski definition) is 3. The summed E-state index contributed by atoms with van der Waals surface area (Å²) in [5.74, 6) is -0.306. The van der Waals surface area contributed by atoms with E-state index in [0.29, 0.717) is 26.0 Å². The molecule has 0 fully saturated rings. The Hall–Kier alpha value is -2.10. The van der Waals surface area contributed by atoms with Crippen molar-refractivity contribution in [2.24, 2.45) is 0 Å². The number of ether oxygens (including phenoxy) is 1. The monoisotopic (exact) mass is 275 g/mol. The van der Waals surface area contributed by atoms with E-state index in [2.05, 4.69) is 0 Å². The highest BCUT2D eigenvalue weighted by Gasteiger charge is 2.07. The third kappa shape index (κ3) is 6.18. The van der Waals surface area contributed by atoms with E-state index in [1.807, 2.05) is 30.3 Å². The zero-order valence-electron chi connectivity index (χ0n) is 12.0. The third-order valence-electron chi connectivity index (χ3n) is 2.75. The predicted molar refractivity (Wildman–Crippen MR) is 77.9 cm³/mol. The molecule has 0 atom stereocenters. The Kier molecular flexibility index (Phi) is 7.11. The topological polar surface area (TPSA) is 46.6 Å². The summed E-state index contributed by atoms with van der Waals surface area (Å²) in [7, 11) is 1.78. The molecule has 0 bridgehead atoms. The molecule has 1 amide bonds. The Morgan fingerprint density at radius 3 is 2.60 bits per heavy atom. The highest BCUT2D eigenvalue weighted by Crippen LogP contribution is 2.05. The first-order valence-corrected chi connectivity index (χ1v) is 6.74. The first kappa shape index (κ1) is 16.0. The number of nitrogens with zero attached hydrogens (tertiary/aromatic N) is 1. The normalized spacial score (nSPS) is 10.5. The van der Waals surface area contributed by atoms with E-state index in [-0.39, 0.29) is 11.9 Å². The van der Waals surface area contributed by atoms with Crippen molar-refractivity contribution in [3.63, 3.8) is 0 Å². The number of esters is 1. The van der Waals surface area contributed by atoms with Crippen LogP contribution < -0.4 is 0 Å². The molecule has 0 saturated carbocycles. The Morgan fingerprint density at radius 1 is 1.25 bits per heavy atom. The van der Waals surface area contributed by atoms with Gasteiger partial charge in [0.1, 0.15) is 0 Å². The van der Waals surface area contributed by atoms with Crippen molar-refractivity contribution >= 4 is 11.9 Å². The van der Waals surface area contributed by atoms with E-state index in [4.69, 9.17) is 4.74 Å². The molecule has 0 spiro atoms. The van der Waals surface area contributed by atoms with Crippen molar-refractivity contribution in [2.75, 3.05) is 13.7 Å². The first-order valence-electron chi connectivity index (χ1n) is 6.74. The summed E-state index contributed by atoms with van der Waals surface area (Å²) in [6, 6.07) is 9.84. The van der Waals surface area contributed by atoms with Crippen LogP contribution in [0.3, 0.4) is 0 Å². The molecule has 0 heterocycles. The minimum Gasteiger partial charge on any atom is -0.463 e. The first-order chi connectivity index (χ1) is 9.63. The summed E-state index contributed by atoms with van der Waals surface area (Å²) in [5.41, 5.74) is 1.10. The Bertz CT molecular complexity index is 454. The van der Waals surface area contributed by atoms with Gasteiger partial charge in [-0.05, 0) is 18.9 Å². The molecule has 108 valence electrons. The Balaban J connectivity index is 2.30.